The van der Waals surface area contributed by atoms with Gasteiger partial charge in [0.15, 0.2) is 11.6 Å². The van der Waals surface area contributed by atoms with E-state index in [2.05, 4.69) is 0 Å². The molecule has 6 nitrogen and oxygen atoms in total. The van der Waals surface area contributed by atoms with Crippen LogP contribution in [0.4, 0.5) is 8.78 Å². The highest BCUT2D eigenvalue weighted by Gasteiger charge is 2.23. The molecule has 0 atom stereocenters. The lowest BCUT2D eigenvalue weighted by molar-refractivity contribution is -0.118. The summed E-state index contributed by atoms with van der Waals surface area (Å²) in [4.78, 5) is 34.2. The Morgan fingerprint density at radius 2 is 1.68 bits per heavy atom. The van der Waals surface area contributed by atoms with Gasteiger partial charge in [-0.2, -0.15) is 0 Å². The van der Waals surface area contributed by atoms with Crippen LogP contribution in [-0.2, 0) is 4.79 Å². The second kappa shape index (κ2) is 5.42. The molecule has 0 saturated heterocycles. The number of hydrogen-bond donors (Lipinski definition) is 2. The van der Waals surface area contributed by atoms with E-state index in [1.165, 1.54) is 7.05 Å². The number of primary amides is 1. The molecular formula is C11H10F2N2O4. The highest BCUT2D eigenvalue weighted by atomic mass is 19.2. The summed E-state index contributed by atoms with van der Waals surface area (Å²) in [6, 6.07) is 0.877. The van der Waals surface area contributed by atoms with Crippen molar-refractivity contribution in [1.29, 1.82) is 0 Å². The van der Waals surface area contributed by atoms with Crippen LogP contribution in [0.1, 0.15) is 20.7 Å². The summed E-state index contributed by atoms with van der Waals surface area (Å²) in [5.74, 6) is -6.10. The van der Waals surface area contributed by atoms with Crippen LogP contribution in [0.3, 0.4) is 0 Å². The van der Waals surface area contributed by atoms with Gasteiger partial charge in [-0.1, -0.05) is 0 Å². The SMILES string of the molecule is CN(CC(N)=O)C(=O)c1cc(F)c(F)cc1C(=O)O. The number of carboxylic acids is 1. The molecular weight excluding hydrogens is 262 g/mol. The number of carboxylic acid groups (broad SMARTS) is 1. The fraction of sp³-hybridized carbons (Fsp3) is 0.182. The van der Waals surface area contributed by atoms with Crippen molar-refractivity contribution in [2.24, 2.45) is 5.73 Å². The molecule has 2 amide bonds. The quantitative estimate of drug-likeness (QED) is 0.818. The molecule has 102 valence electrons. The van der Waals surface area contributed by atoms with Crippen molar-refractivity contribution < 1.29 is 28.3 Å². The molecule has 0 aromatic heterocycles. The van der Waals surface area contributed by atoms with Crippen LogP contribution in [0, 0.1) is 11.6 Å². The van der Waals surface area contributed by atoms with E-state index in [-0.39, 0.29) is 0 Å². The maximum absolute atomic E-state index is 13.1. The van der Waals surface area contributed by atoms with E-state index in [0.717, 1.165) is 4.90 Å². The smallest absolute Gasteiger partial charge is 0.336 e. The third-order valence-corrected chi connectivity index (χ3v) is 2.26. The predicted molar refractivity (Wildman–Crippen MR) is 59.5 cm³/mol. The molecule has 0 fully saturated rings. The number of benzene rings is 1. The molecule has 8 heteroatoms. The molecule has 0 spiro atoms. The molecule has 1 aromatic carbocycles. The van der Waals surface area contributed by atoms with Crippen LogP contribution >= 0.6 is 0 Å². The molecule has 0 saturated carbocycles. The van der Waals surface area contributed by atoms with Crippen LogP contribution in [-0.4, -0.2) is 41.4 Å². The minimum Gasteiger partial charge on any atom is -0.478 e. The van der Waals surface area contributed by atoms with Crippen molar-refractivity contribution in [3.05, 3.63) is 34.9 Å². The average molecular weight is 272 g/mol. The van der Waals surface area contributed by atoms with Gasteiger partial charge < -0.3 is 15.7 Å². The molecule has 1 aromatic rings. The van der Waals surface area contributed by atoms with Crippen LogP contribution in [0.25, 0.3) is 0 Å². The van der Waals surface area contributed by atoms with Crippen LogP contribution < -0.4 is 5.73 Å². The largest absolute Gasteiger partial charge is 0.478 e. The number of amides is 2. The summed E-state index contributed by atoms with van der Waals surface area (Å²) >= 11 is 0. The number of aromatic carboxylic acids is 1. The summed E-state index contributed by atoms with van der Waals surface area (Å²) in [5, 5.41) is 8.84. The van der Waals surface area contributed by atoms with Crippen molar-refractivity contribution in [1.82, 2.24) is 4.90 Å². The Labute approximate surface area is 106 Å². The highest BCUT2D eigenvalue weighted by molar-refractivity contribution is 6.05. The number of hydrogen-bond acceptors (Lipinski definition) is 3. The summed E-state index contributed by atoms with van der Waals surface area (Å²) in [6.07, 6.45) is 0. The van der Waals surface area contributed by atoms with Gasteiger partial charge in [0.2, 0.25) is 5.91 Å². The fourth-order valence-corrected chi connectivity index (χ4v) is 1.41. The minimum atomic E-state index is -1.59. The topological polar surface area (TPSA) is 101 Å². The van der Waals surface area contributed by atoms with Gasteiger partial charge in [0, 0.05) is 7.05 Å². The fourth-order valence-electron chi connectivity index (χ4n) is 1.41. The Bertz CT molecular complexity index is 560. The van der Waals surface area contributed by atoms with Crippen LogP contribution in [0.5, 0.6) is 0 Å². The first kappa shape index (κ1) is 14.6. The number of nitrogens with zero attached hydrogens (tertiary/aromatic N) is 1. The number of likely N-dealkylation sites (N-methyl/N-ethyl adjacent to an activating group) is 1. The minimum absolute atomic E-state index is 0.406. The summed E-state index contributed by atoms with van der Waals surface area (Å²) in [5.41, 5.74) is 3.62. The van der Waals surface area contributed by atoms with Crippen molar-refractivity contribution in [3.63, 3.8) is 0 Å². The molecule has 0 aliphatic heterocycles. The third-order valence-electron chi connectivity index (χ3n) is 2.26. The van der Waals surface area contributed by atoms with Crippen LogP contribution in [0.2, 0.25) is 0 Å². The Morgan fingerprint density at radius 3 is 2.11 bits per heavy atom. The van der Waals surface area contributed by atoms with Gasteiger partial charge in [-0.3, -0.25) is 9.59 Å². The molecule has 0 aliphatic rings. The predicted octanol–water partition coefficient (Wildman–Crippen LogP) is 0.220. The monoisotopic (exact) mass is 272 g/mol. The number of carbonyl (C=O) groups is 3. The first-order valence-corrected chi connectivity index (χ1v) is 5.00. The van der Waals surface area contributed by atoms with Gasteiger partial charge in [0.1, 0.15) is 0 Å². The summed E-state index contributed by atoms with van der Waals surface area (Å²) < 4.78 is 26.0. The Morgan fingerprint density at radius 1 is 1.21 bits per heavy atom. The summed E-state index contributed by atoms with van der Waals surface area (Å²) in [6.45, 7) is -0.475. The van der Waals surface area contributed by atoms with E-state index in [0.29, 0.717) is 12.1 Å². The lowest BCUT2D eigenvalue weighted by atomic mass is 10.1. The third kappa shape index (κ3) is 3.24. The maximum atomic E-state index is 13.1. The van der Waals surface area contributed by atoms with E-state index in [9.17, 15) is 23.2 Å². The molecule has 0 unspecified atom stereocenters. The van der Waals surface area contributed by atoms with Crippen molar-refractivity contribution >= 4 is 17.8 Å². The lowest BCUT2D eigenvalue weighted by Crippen LogP contribution is -2.36. The van der Waals surface area contributed by atoms with E-state index in [1.54, 1.807) is 0 Å². The molecule has 0 radical (unpaired) electrons. The van der Waals surface area contributed by atoms with E-state index in [1.807, 2.05) is 0 Å². The van der Waals surface area contributed by atoms with E-state index in [4.69, 9.17) is 10.8 Å². The molecule has 0 heterocycles. The zero-order chi connectivity index (χ0) is 14.7. The second-order valence-electron chi connectivity index (χ2n) is 3.74. The Balaban J connectivity index is 3.25. The van der Waals surface area contributed by atoms with Gasteiger partial charge in [0.05, 0.1) is 17.7 Å². The highest BCUT2D eigenvalue weighted by Crippen LogP contribution is 2.17. The molecule has 0 aliphatic carbocycles. The van der Waals surface area contributed by atoms with Crippen molar-refractivity contribution in [3.8, 4) is 0 Å². The Hall–Kier alpha value is -2.51. The van der Waals surface area contributed by atoms with Crippen molar-refractivity contribution in [2.45, 2.75) is 0 Å². The molecule has 3 N–H and O–H groups in total. The van der Waals surface area contributed by atoms with Gasteiger partial charge in [-0.15, -0.1) is 0 Å². The van der Waals surface area contributed by atoms with Crippen molar-refractivity contribution in [2.75, 3.05) is 13.6 Å². The van der Waals surface area contributed by atoms with E-state index >= 15 is 0 Å². The lowest BCUT2D eigenvalue weighted by Gasteiger charge is -2.16. The number of rotatable bonds is 4. The standard InChI is InChI=1S/C11H10F2N2O4/c1-15(4-9(14)16)10(17)5-2-7(12)8(13)3-6(5)11(18)19/h2-3H,4H2,1H3,(H2,14,16)(H,18,19). The first-order chi connectivity index (χ1) is 8.73. The zero-order valence-corrected chi connectivity index (χ0v) is 9.81. The number of carbonyl (C=O) groups excluding carboxylic acids is 2. The second-order valence-corrected chi connectivity index (χ2v) is 3.74. The summed E-state index contributed by atoms with van der Waals surface area (Å²) in [7, 11) is 1.18. The molecule has 0 bridgehead atoms. The van der Waals surface area contributed by atoms with Gasteiger partial charge in [-0.05, 0) is 12.1 Å². The zero-order valence-electron chi connectivity index (χ0n) is 9.81. The first-order valence-electron chi connectivity index (χ1n) is 5.00. The van der Waals surface area contributed by atoms with Crippen LogP contribution in [0.15, 0.2) is 12.1 Å². The maximum Gasteiger partial charge on any atom is 0.336 e. The molecule has 19 heavy (non-hydrogen) atoms. The number of halogens is 2. The van der Waals surface area contributed by atoms with E-state index < -0.39 is 47.1 Å². The molecule has 1 rings (SSSR count). The van der Waals surface area contributed by atoms with Gasteiger partial charge in [-0.25, -0.2) is 13.6 Å². The average Bonchev–Trinajstić information content (AvgIpc) is 2.29. The normalized spacial score (nSPS) is 10.1. The van der Waals surface area contributed by atoms with Gasteiger partial charge in [0.25, 0.3) is 5.91 Å². The van der Waals surface area contributed by atoms with Gasteiger partial charge >= 0.3 is 5.97 Å². The Kier molecular flexibility index (Phi) is 4.15. The number of nitrogens with two attached hydrogens (primary N) is 1.